The normalized spacial score (nSPS) is 19.1. The second kappa shape index (κ2) is 4.51. The van der Waals surface area contributed by atoms with E-state index in [9.17, 15) is 0 Å². The molecule has 1 aromatic carbocycles. The van der Waals surface area contributed by atoms with Crippen LogP contribution in [-0.2, 0) is 6.54 Å². The van der Waals surface area contributed by atoms with Crippen molar-refractivity contribution >= 4 is 0 Å². The second-order valence-electron chi connectivity index (χ2n) is 4.97. The minimum Gasteiger partial charge on any atom is -0.486 e. The summed E-state index contributed by atoms with van der Waals surface area (Å²) in [6, 6.07) is 8.37. The van der Waals surface area contributed by atoms with Crippen LogP contribution in [-0.4, -0.2) is 19.8 Å². The van der Waals surface area contributed by atoms with E-state index in [1.165, 1.54) is 0 Å². The number of nitriles is 1. The molecule has 1 aromatic rings. The van der Waals surface area contributed by atoms with E-state index >= 15 is 0 Å². The Kier molecular flexibility index (Phi) is 2.85. The van der Waals surface area contributed by atoms with E-state index in [2.05, 4.69) is 11.4 Å². The minimum absolute atomic E-state index is 0.0895. The van der Waals surface area contributed by atoms with Crippen LogP contribution in [0.4, 0.5) is 0 Å². The fourth-order valence-electron chi connectivity index (χ4n) is 2.12. The van der Waals surface area contributed by atoms with Crippen molar-refractivity contribution in [1.82, 2.24) is 5.32 Å². The van der Waals surface area contributed by atoms with Gasteiger partial charge in [0.15, 0.2) is 11.5 Å². The highest BCUT2D eigenvalue weighted by Gasteiger charge is 2.42. The number of benzene rings is 1. The van der Waals surface area contributed by atoms with Gasteiger partial charge in [-0.1, -0.05) is 6.07 Å². The number of nitrogens with one attached hydrogen (secondary N) is 1. The van der Waals surface area contributed by atoms with Crippen molar-refractivity contribution in [2.45, 2.75) is 19.4 Å². The Bertz CT molecular complexity index is 489. The van der Waals surface area contributed by atoms with Gasteiger partial charge in [0.1, 0.15) is 13.2 Å². The van der Waals surface area contributed by atoms with Gasteiger partial charge >= 0.3 is 0 Å². The van der Waals surface area contributed by atoms with Gasteiger partial charge in [0, 0.05) is 13.1 Å². The number of rotatable bonds is 4. The molecule has 4 nitrogen and oxygen atoms in total. The molecule has 4 heteroatoms. The van der Waals surface area contributed by atoms with E-state index in [0.717, 1.165) is 43.0 Å². The van der Waals surface area contributed by atoms with E-state index in [4.69, 9.17) is 14.7 Å². The third kappa shape index (κ3) is 2.27. The number of hydrogen-bond donors (Lipinski definition) is 1. The number of fused-ring (bicyclic) bond motifs is 1. The summed E-state index contributed by atoms with van der Waals surface area (Å²) in [5, 5.41) is 12.3. The summed E-state index contributed by atoms with van der Waals surface area (Å²) in [6.07, 6.45) is 2.05. The Labute approximate surface area is 107 Å². The van der Waals surface area contributed by atoms with Crippen LogP contribution in [0, 0.1) is 16.7 Å². The lowest BCUT2D eigenvalue weighted by Gasteiger charge is -2.19. The van der Waals surface area contributed by atoms with E-state index in [1.807, 2.05) is 18.2 Å². The van der Waals surface area contributed by atoms with Gasteiger partial charge in [0.25, 0.3) is 0 Å². The lowest BCUT2D eigenvalue weighted by Crippen LogP contribution is -2.22. The molecule has 0 aromatic heterocycles. The lowest BCUT2D eigenvalue weighted by atomic mass is 10.1. The quantitative estimate of drug-likeness (QED) is 0.878. The van der Waals surface area contributed by atoms with Gasteiger partial charge in [-0.2, -0.15) is 5.26 Å². The van der Waals surface area contributed by atoms with Gasteiger partial charge in [0.2, 0.25) is 0 Å². The standard InChI is InChI=1S/C14H16N2O2/c15-9-14(3-4-14)10-16-8-11-1-2-12-13(7-11)18-6-5-17-12/h1-2,7,16H,3-6,8,10H2. The Balaban J connectivity index is 1.58. The van der Waals surface area contributed by atoms with Gasteiger partial charge in [-0.15, -0.1) is 0 Å². The van der Waals surface area contributed by atoms with Crippen LogP contribution in [0.3, 0.4) is 0 Å². The maximum atomic E-state index is 8.99. The predicted molar refractivity (Wildman–Crippen MR) is 66.4 cm³/mol. The van der Waals surface area contributed by atoms with Crippen LogP contribution >= 0.6 is 0 Å². The summed E-state index contributed by atoms with van der Waals surface area (Å²) in [5.74, 6) is 1.64. The number of hydrogen-bond acceptors (Lipinski definition) is 4. The topological polar surface area (TPSA) is 54.3 Å². The predicted octanol–water partition coefficient (Wildman–Crippen LogP) is 1.85. The summed E-state index contributed by atoms with van der Waals surface area (Å²) in [5.41, 5.74) is 1.07. The van der Waals surface area contributed by atoms with Gasteiger partial charge < -0.3 is 14.8 Å². The van der Waals surface area contributed by atoms with Crippen molar-refractivity contribution in [3.05, 3.63) is 23.8 Å². The molecule has 1 N–H and O–H groups in total. The maximum absolute atomic E-state index is 8.99. The molecule has 1 aliphatic carbocycles. The first-order chi connectivity index (χ1) is 8.81. The van der Waals surface area contributed by atoms with Gasteiger partial charge in [0.05, 0.1) is 11.5 Å². The van der Waals surface area contributed by atoms with Crippen LogP contribution in [0.15, 0.2) is 18.2 Å². The summed E-state index contributed by atoms with van der Waals surface area (Å²) in [6.45, 7) is 2.77. The molecular weight excluding hydrogens is 228 g/mol. The van der Waals surface area contributed by atoms with Crippen molar-refractivity contribution in [2.24, 2.45) is 5.41 Å². The Hall–Kier alpha value is -1.73. The fraction of sp³-hybridized carbons (Fsp3) is 0.500. The molecule has 0 radical (unpaired) electrons. The zero-order valence-corrected chi connectivity index (χ0v) is 10.2. The lowest BCUT2D eigenvalue weighted by molar-refractivity contribution is 0.171. The van der Waals surface area contributed by atoms with E-state index in [-0.39, 0.29) is 5.41 Å². The van der Waals surface area contributed by atoms with E-state index in [0.29, 0.717) is 13.2 Å². The van der Waals surface area contributed by atoms with Crippen LogP contribution < -0.4 is 14.8 Å². The monoisotopic (exact) mass is 244 g/mol. The van der Waals surface area contributed by atoms with E-state index in [1.54, 1.807) is 0 Å². The molecule has 1 heterocycles. The van der Waals surface area contributed by atoms with Crippen molar-refractivity contribution in [1.29, 1.82) is 5.26 Å². The first-order valence-corrected chi connectivity index (χ1v) is 6.32. The largest absolute Gasteiger partial charge is 0.486 e. The molecule has 1 saturated carbocycles. The molecule has 1 aliphatic heterocycles. The molecule has 0 amide bonds. The van der Waals surface area contributed by atoms with Crippen molar-refractivity contribution in [2.75, 3.05) is 19.8 Å². The van der Waals surface area contributed by atoms with Crippen LogP contribution in [0.25, 0.3) is 0 Å². The minimum atomic E-state index is -0.0895. The molecule has 0 atom stereocenters. The van der Waals surface area contributed by atoms with Gasteiger partial charge in [-0.05, 0) is 30.5 Å². The highest BCUT2D eigenvalue weighted by molar-refractivity contribution is 5.43. The van der Waals surface area contributed by atoms with Crippen molar-refractivity contribution < 1.29 is 9.47 Å². The van der Waals surface area contributed by atoms with Crippen LogP contribution in [0.5, 0.6) is 11.5 Å². The molecule has 94 valence electrons. The fourth-order valence-corrected chi connectivity index (χ4v) is 2.12. The highest BCUT2D eigenvalue weighted by atomic mass is 16.6. The van der Waals surface area contributed by atoms with E-state index < -0.39 is 0 Å². The average molecular weight is 244 g/mol. The number of nitrogens with zero attached hydrogens (tertiary/aromatic N) is 1. The number of ether oxygens (including phenoxy) is 2. The second-order valence-corrected chi connectivity index (χ2v) is 4.97. The Morgan fingerprint density at radius 1 is 1.22 bits per heavy atom. The summed E-state index contributed by atoms with van der Waals surface area (Å²) in [4.78, 5) is 0. The molecule has 0 spiro atoms. The summed E-state index contributed by atoms with van der Waals surface area (Å²) in [7, 11) is 0. The average Bonchev–Trinajstić information content (AvgIpc) is 3.19. The molecule has 0 unspecified atom stereocenters. The first-order valence-electron chi connectivity index (χ1n) is 6.32. The third-order valence-electron chi connectivity index (χ3n) is 3.49. The van der Waals surface area contributed by atoms with Crippen LogP contribution in [0.2, 0.25) is 0 Å². The van der Waals surface area contributed by atoms with Gasteiger partial charge in [-0.25, -0.2) is 0 Å². The third-order valence-corrected chi connectivity index (χ3v) is 3.49. The zero-order chi connectivity index (χ0) is 12.4. The molecule has 18 heavy (non-hydrogen) atoms. The summed E-state index contributed by atoms with van der Waals surface area (Å²) < 4.78 is 11.0. The summed E-state index contributed by atoms with van der Waals surface area (Å²) >= 11 is 0. The maximum Gasteiger partial charge on any atom is 0.161 e. The molecule has 3 rings (SSSR count). The van der Waals surface area contributed by atoms with Crippen LogP contribution in [0.1, 0.15) is 18.4 Å². The Morgan fingerprint density at radius 3 is 2.72 bits per heavy atom. The first kappa shape index (κ1) is 11.4. The smallest absolute Gasteiger partial charge is 0.161 e. The van der Waals surface area contributed by atoms with Gasteiger partial charge in [-0.3, -0.25) is 0 Å². The Morgan fingerprint density at radius 2 is 2.00 bits per heavy atom. The molecular formula is C14H16N2O2. The SMILES string of the molecule is N#CC1(CNCc2ccc3c(c2)OCCO3)CC1. The molecule has 0 saturated heterocycles. The highest BCUT2D eigenvalue weighted by Crippen LogP contribution is 2.44. The molecule has 1 fully saturated rings. The van der Waals surface area contributed by atoms with Crippen molar-refractivity contribution in [3.63, 3.8) is 0 Å². The zero-order valence-electron chi connectivity index (χ0n) is 10.2. The molecule has 0 bridgehead atoms. The van der Waals surface area contributed by atoms with Crippen molar-refractivity contribution in [3.8, 4) is 17.6 Å². The molecule has 2 aliphatic rings.